The van der Waals surface area contributed by atoms with Gasteiger partial charge in [-0.3, -0.25) is 9.59 Å². The van der Waals surface area contributed by atoms with E-state index in [1.807, 2.05) is 0 Å². The van der Waals surface area contributed by atoms with E-state index in [-0.39, 0.29) is 37.1 Å². The summed E-state index contributed by atoms with van der Waals surface area (Å²) in [6.07, 6.45) is -6.54. The maximum atomic E-state index is 14.4. The van der Waals surface area contributed by atoms with E-state index in [4.69, 9.17) is 10.5 Å². The average molecular weight is 472 g/mol. The normalized spacial score (nSPS) is 18.5. The predicted molar refractivity (Wildman–Crippen MR) is 119 cm³/mol. The lowest BCUT2D eigenvalue weighted by Crippen LogP contribution is -2.33. The number of halogens is 3. The third-order valence-electron chi connectivity index (χ3n) is 5.80. The summed E-state index contributed by atoms with van der Waals surface area (Å²) in [6, 6.07) is 16.7. The van der Waals surface area contributed by atoms with Crippen LogP contribution in [0.4, 0.5) is 13.2 Å². The van der Waals surface area contributed by atoms with Gasteiger partial charge in [0.05, 0.1) is 23.8 Å². The first-order valence-corrected chi connectivity index (χ1v) is 10.8. The first-order valence-electron chi connectivity index (χ1n) is 10.8. The number of amides is 1. The molecule has 9 heteroatoms. The molecule has 178 valence electrons. The molecule has 3 N–H and O–H groups in total. The number of aromatic nitrogens is 1. The molecule has 1 saturated heterocycles. The molecule has 1 aromatic heterocycles. The van der Waals surface area contributed by atoms with Crippen molar-refractivity contribution in [1.82, 2.24) is 4.57 Å². The van der Waals surface area contributed by atoms with E-state index >= 15 is 0 Å². The summed E-state index contributed by atoms with van der Waals surface area (Å²) in [5.41, 5.74) is 4.93. The van der Waals surface area contributed by atoms with Gasteiger partial charge in [0.2, 0.25) is 0 Å². The molecule has 1 fully saturated rings. The number of carbonyl (C=O) groups excluding carboxylic acids is 2. The second-order valence-corrected chi connectivity index (χ2v) is 8.19. The van der Waals surface area contributed by atoms with Crippen molar-refractivity contribution in [1.29, 1.82) is 0 Å². The van der Waals surface area contributed by atoms with Crippen LogP contribution in [0.1, 0.15) is 35.3 Å². The monoisotopic (exact) mass is 472 g/mol. The minimum atomic E-state index is -4.89. The van der Waals surface area contributed by atoms with Crippen molar-refractivity contribution >= 4 is 11.9 Å². The molecule has 0 spiro atoms. The molecular weight excluding hydrogens is 449 g/mol. The fourth-order valence-corrected chi connectivity index (χ4v) is 4.47. The van der Waals surface area contributed by atoms with Crippen molar-refractivity contribution in [3.8, 4) is 22.4 Å². The highest BCUT2D eigenvalue weighted by atomic mass is 19.4. The van der Waals surface area contributed by atoms with E-state index < -0.39 is 41.5 Å². The second-order valence-electron chi connectivity index (χ2n) is 8.19. The highest BCUT2D eigenvalue weighted by Crippen LogP contribution is 2.45. The number of aliphatic hydroxyl groups excluding tert-OH is 1. The zero-order valence-electron chi connectivity index (χ0n) is 18.1. The summed E-state index contributed by atoms with van der Waals surface area (Å²) in [4.78, 5) is 24.2. The number of nitrogens with two attached hydrogens (primary N) is 1. The van der Waals surface area contributed by atoms with Gasteiger partial charge in [0.1, 0.15) is 11.8 Å². The number of benzene rings is 2. The summed E-state index contributed by atoms with van der Waals surface area (Å²) < 4.78 is 49.6. The van der Waals surface area contributed by atoms with Crippen LogP contribution in [0, 0.1) is 0 Å². The lowest BCUT2D eigenvalue weighted by atomic mass is 9.96. The Labute approximate surface area is 193 Å². The van der Waals surface area contributed by atoms with E-state index in [0.29, 0.717) is 11.1 Å². The first kappa shape index (κ1) is 23.6. The number of aliphatic hydroxyl groups is 1. The average Bonchev–Trinajstić information content (AvgIpc) is 3.14. The van der Waals surface area contributed by atoms with Gasteiger partial charge in [0.25, 0.3) is 5.91 Å². The Kier molecular flexibility index (Phi) is 6.47. The minimum Gasteiger partial charge on any atom is -0.462 e. The molecule has 2 atom stereocenters. The van der Waals surface area contributed by atoms with E-state index in [2.05, 4.69) is 0 Å². The Morgan fingerprint density at radius 2 is 1.65 bits per heavy atom. The van der Waals surface area contributed by atoms with Gasteiger partial charge in [0.15, 0.2) is 0 Å². The number of alkyl halides is 3. The molecule has 2 heterocycles. The number of esters is 1. The molecule has 1 aliphatic rings. The zero-order chi connectivity index (χ0) is 24.5. The molecule has 0 saturated carbocycles. The molecule has 0 bridgehead atoms. The van der Waals surface area contributed by atoms with Crippen molar-refractivity contribution in [2.45, 2.75) is 44.2 Å². The lowest BCUT2D eigenvalue weighted by Gasteiger charge is -2.27. The quantitative estimate of drug-likeness (QED) is 0.520. The highest BCUT2D eigenvalue weighted by molar-refractivity contribution is 6.05. The Bertz CT molecular complexity index is 1190. The summed E-state index contributed by atoms with van der Waals surface area (Å²) >= 11 is 0. The third-order valence-corrected chi connectivity index (χ3v) is 5.80. The molecular formula is C25H23F3N2O4. The van der Waals surface area contributed by atoms with Gasteiger partial charge >= 0.3 is 12.1 Å². The van der Waals surface area contributed by atoms with Crippen LogP contribution in [0.5, 0.6) is 0 Å². The van der Waals surface area contributed by atoms with Crippen LogP contribution < -0.4 is 5.73 Å². The predicted octanol–water partition coefficient (Wildman–Crippen LogP) is 4.40. The Balaban J connectivity index is 1.94. The molecule has 2 aromatic carbocycles. The van der Waals surface area contributed by atoms with E-state index in [9.17, 15) is 27.9 Å². The van der Waals surface area contributed by atoms with Gasteiger partial charge in [-0.1, -0.05) is 60.7 Å². The first-order chi connectivity index (χ1) is 16.2. The van der Waals surface area contributed by atoms with Crippen LogP contribution in [0.15, 0.2) is 60.7 Å². The van der Waals surface area contributed by atoms with Crippen molar-refractivity contribution in [3.63, 3.8) is 0 Å². The number of cyclic esters (lactones) is 1. The Morgan fingerprint density at radius 1 is 1.06 bits per heavy atom. The van der Waals surface area contributed by atoms with Crippen molar-refractivity contribution < 1.29 is 32.6 Å². The van der Waals surface area contributed by atoms with E-state index in [0.717, 1.165) is 4.57 Å². The minimum absolute atomic E-state index is 0.0207. The standard InChI is InChI=1S/C25H23F3N2O4/c26-25(27,28)23-21(24(29)33)20(15-7-3-1-4-8-15)22(16-9-5-2-6-10-16)30(23)12-11-18-13-17(31)14-19(32)34-18/h1-10,17-18,31H,11-14H2,(H2,29,33). The summed E-state index contributed by atoms with van der Waals surface area (Å²) in [5.74, 6) is -1.79. The number of nitrogens with zero attached hydrogens (tertiary/aromatic N) is 1. The fraction of sp³-hybridized carbons (Fsp3) is 0.280. The van der Waals surface area contributed by atoms with Crippen molar-refractivity contribution in [2.24, 2.45) is 5.73 Å². The number of hydrogen-bond acceptors (Lipinski definition) is 4. The van der Waals surface area contributed by atoms with Crippen LogP contribution in [-0.4, -0.2) is 33.8 Å². The smallest absolute Gasteiger partial charge is 0.432 e. The van der Waals surface area contributed by atoms with Crippen molar-refractivity contribution in [2.75, 3.05) is 0 Å². The van der Waals surface area contributed by atoms with Gasteiger partial charge in [-0.15, -0.1) is 0 Å². The molecule has 1 aliphatic heterocycles. The maximum absolute atomic E-state index is 14.4. The number of ether oxygens (including phenoxy) is 1. The van der Waals surface area contributed by atoms with Gasteiger partial charge in [-0.2, -0.15) is 13.2 Å². The fourth-order valence-electron chi connectivity index (χ4n) is 4.47. The van der Waals surface area contributed by atoms with Gasteiger partial charge in [-0.05, 0) is 11.1 Å². The van der Waals surface area contributed by atoms with E-state index in [1.165, 1.54) is 0 Å². The molecule has 0 aliphatic carbocycles. The molecule has 34 heavy (non-hydrogen) atoms. The van der Waals surface area contributed by atoms with Gasteiger partial charge in [0, 0.05) is 24.9 Å². The summed E-state index contributed by atoms with van der Waals surface area (Å²) in [7, 11) is 0. The molecule has 0 radical (unpaired) electrons. The summed E-state index contributed by atoms with van der Waals surface area (Å²) in [6.45, 7) is -0.211. The third kappa shape index (κ3) is 4.70. The van der Waals surface area contributed by atoms with Crippen LogP contribution >= 0.6 is 0 Å². The second kappa shape index (κ2) is 9.34. The van der Waals surface area contributed by atoms with Crippen LogP contribution in [0.2, 0.25) is 0 Å². The Morgan fingerprint density at radius 3 is 2.18 bits per heavy atom. The number of hydrogen-bond donors (Lipinski definition) is 2. The zero-order valence-corrected chi connectivity index (χ0v) is 18.1. The number of rotatable bonds is 6. The maximum Gasteiger partial charge on any atom is 0.432 e. The SMILES string of the molecule is NC(=O)c1c(-c2ccccc2)c(-c2ccccc2)n(CCC2CC(O)CC(=O)O2)c1C(F)(F)F. The molecule has 4 rings (SSSR count). The Hall–Kier alpha value is -3.59. The van der Waals surface area contributed by atoms with Gasteiger partial charge < -0.3 is 20.1 Å². The largest absolute Gasteiger partial charge is 0.462 e. The van der Waals surface area contributed by atoms with Crippen LogP contribution in [0.25, 0.3) is 22.4 Å². The lowest BCUT2D eigenvalue weighted by molar-refractivity contribution is -0.161. The highest BCUT2D eigenvalue weighted by Gasteiger charge is 2.43. The summed E-state index contributed by atoms with van der Waals surface area (Å²) in [5, 5.41) is 9.88. The van der Waals surface area contributed by atoms with Gasteiger partial charge in [-0.25, -0.2) is 0 Å². The number of primary amides is 1. The molecule has 1 amide bonds. The van der Waals surface area contributed by atoms with E-state index in [1.54, 1.807) is 60.7 Å². The topological polar surface area (TPSA) is 94.5 Å². The molecule has 3 aromatic rings. The number of carbonyl (C=O) groups is 2. The van der Waals surface area contributed by atoms with Crippen LogP contribution in [-0.2, 0) is 22.3 Å². The van der Waals surface area contributed by atoms with Crippen molar-refractivity contribution in [3.05, 3.63) is 71.9 Å². The van der Waals surface area contributed by atoms with Crippen LogP contribution in [0.3, 0.4) is 0 Å². The molecule has 2 unspecified atom stereocenters. The molecule has 6 nitrogen and oxygen atoms in total.